The molecule has 0 spiro atoms. The average Bonchev–Trinajstić information content (AvgIpc) is 2.44. The number of aliphatic carboxylic acids is 1. The van der Waals surface area contributed by atoms with Crippen molar-refractivity contribution in [3.8, 4) is 0 Å². The van der Waals surface area contributed by atoms with Gasteiger partial charge in [0, 0.05) is 12.1 Å². The van der Waals surface area contributed by atoms with Crippen molar-refractivity contribution in [2.75, 3.05) is 0 Å². The Morgan fingerprint density at radius 3 is 2.43 bits per heavy atom. The maximum Gasteiger partial charge on any atom is 0.315 e. The van der Waals surface area contributed by atoms with E-state index in [1.54, 1.807) is 0 Å². The normalized spacial score (nSPS) is 36.8. The van der Waals surface area contributed by atoms with Crippen molar-refractivity contribution < 1.29 is 14.7 Å². The van der Waals surface area contributed by atoms with Crippen molar-refractivity contribution in [3.63, 3.8) is 0 Å². The molecule has 2 saturated carbocycles. The largest absolute Gasteiger partial charge is 0.481 e. The lowest BCUT2D eigenvalue weighted by molar-refractivity contribution is -0.143. The molecule has 5 unspecified atom stereocenters. The van der Waals surface area contributed by atoms with Gasteiger partial charge < -0.3 is 15.7 Å². The van der Waals surface area contributed by atoms with Crippen LogP contribution in [0.4, 0.5) is 4.79 Å². The minimum absolute atomic E-state index is 0.00355. The van der Waals surface area contributed by atoms with Crippen LogP contribution in [-0.4, -0.2) is 29.2 Å². The molecule has 5 heteroatoms. The maximum absolute atomic E-state index is 12.1. The molecule has 0 aromatic carbocycles. The highest BCUT2D eigenvalue weighted by Crippen LogP contribution is 2.29. The fourth-order valence-electron chi connectivity index (χ4n) is 3.73. The first kappa shape index (κ1) is 16.1. The summed E-state index contributed by atoms with van der Waals surface area (Å²) in [4.78, 5) is 23.2. The molecule has 0 heterocycles. The summed E-state index contributed by atoms with van der Waals surface area (Å²) in [6.45, 7) is 4.45. The van der Waals surface area contributed by atoms with Gasteiger partial charge in [0.2, 0.25) is 0 Å². The Bertz CT molecular complexity index is 386. The average molecular weight is 296 g/mol. The van der Waals surface area contributed by atoms with Crippen LogP contribution >= 0.6 is 0 Å². The monoisotopic (exact) mass is 296 g/mol. The molecule has 5 nitrogen and oxygen atoms in total. The van der Waals surface area contributed by atoms with Crippen LogP contribution in [-0.2, 0) is 4.79 Å². The SMILES string of the molecule is CC1CCCC(NC(=O)NC2CCCC(C(=O)O)C2)C1C. The van der Waals surface area contributed by atoms with Crippen LogP contribution < -0.4 is 10.6 Å². The van der Waals surface area contributed by atoms with Crippen molar-refractivity contribution in [2.24, 2.45) is 17.8 Å². The van der Waals surface area contributed by atoms with E-state index in [1.165, 1.54) is 12.8 Å². The van der Waals surface area contributed by atoms with Gasteiger partial charge in [0.05, 0.1) is 5.92 Å². The molecule has 0 aromatic heterocycles. The summed E-state index contributed by atoms with van der Waals surface area (Å²) in [5, 5.41) is 15.2. The number of nitrogens with one attached hydrogen (secondary N) is 2. The second-order valence-electron chi connectivity index (χ2n) is 6.89. The number of carbonyl (C=O) groups is 2. The number of hydrogen-bond acceptors (Lipinski definition) is 2. The Kier molecular flexibility index (Phi) is 5.48. The highest BCUT2D eigenvalue weighted by molar-refractivity contribution is 5.75. The molecule has 2 amide bonds. The maximum atomic E-state index is 12.1. The Morgan fingerprint density at radius 2 is 1.71 bits per heavy atom. The van der Waals surface area contributed by atoms with E-state index in [1.807, 2.05) is 0 Å². The van der Waals surface area contributed by atoms with Crippen molar-refractivity contribution in [1.82, 2.24) is 10.6 Å². The van der Waals surface area contributed by atoms with Crippen LogP contribution in [0.3, 0.4) is 0 Å². The lowest BCUT2D eigenvalue weighted by Gasteiger charge is -2.35. The third-order valence-corrected chi connectivity index (χ3v) is 5.38. The summed E-state index contributed by atoms with van der Waals surface area (Å²) in [5.41, 5.74) is 0. The zero-order valence-electron chi connectivity index (χ0n) is 13.1. The molecular formula is C16H28N2O3. The Morgan fingerprint density at radius 1 is 1.00 bits per heavy atom. The van der Waals surface area contributed by atoms with Gasteiger partial charge in [-0.2, -0.15) is 0 Å². The number of amides is 2. The van der Waals surface area contributed by atoms with Gasteiger partial charge >= 0.3 is 12.0 Å². The van der Waals surface area contributed by atoms with Crippen LogP contribution in [0.2, 0.25) is 0 Å². The molecule has 3 N–H and O–H groups in total. The van der Waals surface area contributed by atoms with Gasteiger partial charge in [0.15, 0.2) is 0 Å². The lowest BCUT2D eigenvalue weighted by atomic mass is 9.78. The molecule has 0 bridgehead atoms. The molecule has 21 heavy (non-hydrogen) atoms. The molecule has 0 aromatic rings. The quantitative estimate of drug-likeness (QED) is 0.749. The predicted molar refractivity (Wildman–Crippen MR) is 81.0 cm³/mol. The smallest absolute Gasteiger partial charge is 0.315 e. The first-order valence-electron chi connectivity index (χ1n) is 8.27. The zero-order chi connectivity index (χ0) is 15.4. The van der Waals surface area contributed by atoms with Crippen molar-refractivity contribution in [1.29, 1.82) is 0 Å². The molecule has 0 saturated heterocycles. The topological polar surface area (TPSA) is 78.4 Å². The molecule has 120 valence electrons. The molecule has 2 aliphatic carbocycles. The number of carboxylic acid groups (broad SMARTS) is 1. The van der Waals surface area contributed by atoms with Gasteiger partial charge in [0.25, 0.3) is 0 Å². The summed E-state index contributed by atoms with van der Waals surface area (Å²) in [6.07, 6.45) is 6.49. The molecule has 0 radical (unpaired) electrons. The van der Waals surface area contributed by atoms with E-state index in [4.69, 9.17) is 5.11 Å². The Labute approximate surface area is 126 Å². The van der Waals surface area contributed by atoms with Gasteiger partial charge in [0.1, 0.15) is 0 Å². The number of rotatable bonds is 3. The zero-order valence-corrected chi connectivity index (χ0v) is 13.1. The van der Waals surface area contributed by atoms with Crippen LogP contribution in [0.1, 0.15) is 58.8 Å². The fraction of sp³-hybridized carbons (Fsp3) is 0.875. The summed E-state index contributed by atoms with van der Waals surface area (Å²) >= 11 is 0. The van der Waals surface area contributed by atoms with Crippen molar-refractivity contribution in [2.45, 2.75) is 70.9 Å². The summed E-state index contributed by atoms with van der Waals surface area (Å²) < 4.78 is 0. The second kappa shape index (κ2) is 7.14. The molecule has 2 fully saturated rings. The van der Waals surface area contributed by atoms with Crippen LogP contribution in [0, 0.1) is 17.8 Å². The first-order valence-corrected chi connectivity index (χ1v) is 8.27. The minimum atomic E-state index is -0.739. The number of hydrogen-bond donors (Lipinski definition) is 3. The molecule has 0 aliphatic heterocycles. The molecule has 5 atom stereocenters. The van der Waals surface area contributed by atoms with Gasteiger partial charge in [-0.1, -0.05) is 33.1 Å². The van der Waals surface area contributed by atoms with Gasteiger partial charge in [-0.25, -0.2) is 4.79 Å². The van der Waals surface area contributed by atoms with E-state index in [-0.39, 0.29) is 24.0 Å². The Hall–Kier alpha value is -1.26. The second-order valence-corrected chi connectivity index (χ2v) is 6.89. The molecular weight excluding hydrogens is 268 g/mol. The number of carbonyl (C=O) groups excluding carboxylic acids is 1. The number of carboxylic acids is 1. The van der Waals surface area contributed by atoms with Gasteiger partial charge in [-0.15, -0.1) is 0 Å². The van der Waals surface area contributed by atoms with E-state index in [2.05, 4.69) is 24.5 Å². The van der Waals surface area contributed by atoms with Crippen molar-refractivity contribution >= 4 is 12.0 Å². The molecule has 2 aliphatic rings. The van der Waals surface area contributed by atoms with Crippen LogP contribution in [0.15, 0.2) is 0 Å². The highest BCUT2D eigenvalue weighted by Gasteiger charge is 2.30. The van der Waals surface area contributed by atoms with E-state index < -0.39 is 5.97 Å². The lowest BCUT2D eigenvalue weighted by Crippen LogP contribution is -2.51. The van der Waals surface area contributed by atoms with Gasteiger partial charge in [-0.05, 0) is 37.5 Å². The van der Waals surface area contributed by atoms with E-state index in [0.717, 1.165) is 25.7 Å². The minimum Gasteiger partial charge on any atom is -0.481 e. The van der Waals surface area contributed by atoms with Crippen LogP contribution in [0.5, 0.6) is 0 Å². The fourth-order valence-corrected chi connectivity index (χ4v) is 3.73. The number of urea groups is 1. The third-order valence-electron chi connectivity index (χ3n) is 5.38. The summed E-state index contributed by atoms with van der Waals surface area (Å²) in [7, 11) is 0. The van der Waals surface area contributed by atoms with E-state index in [0.29, 0.717) is 18.3 Å². The van der Waals surface area contributed by atoms with Crippen molar-refractivity contribution in [3.05, 3.63) is 0 Å². The third kappa shape index (κ3) is 4.35. The highest BCUT2D eigenvalue weighted by atomic mass is 16.4. The predicted octanol–water partition coefficient (Wildman–Crippen LogP) is 2.75. The standard InChI is InChI=1S/C16H28N2O3/c1-10-5-3-8-14(11(10)2)18-16(21)17-13-7-4-6-12(9-13)15(19)20/h10-14H,3-9H2,1-2H3,(H,19,20)(H2,17,18,21). The first-order chi connectivity index (χ1) is 9.97. The van der Waals surface area contributed by atoms with E-state index >= 15 is 0 Å². The van der Waals surface area contributed by atoms with Crippen LogP contribution in [0.25, 0.3) is 0 Å². The van der Waals surface area contributed by atoms with Gasteiger partial charge in [-0.3, -0.25) is 4.79 Å². The summed E-state index contributed by atoms with van der Waals surface area (Å²) in [5.74, 6) is 0.104. The molecule has 2 rings (SSSR count). The Balaban J connectivity index is 1.80. The summed E-state index contributed by atoms with van der Waals surface area (Å²) in [6, 6.07) is 0.112. The van der Waals surface area contributed by atoms with E-state index in [9.17, 15) is 9.59 Å².